The standard InChI is InChI=1S/C19H19ClF4N4O5/c20-14-2-1-11(5-15(14)21)31-9-17-26-27-18(32-17)28-6-10(7-28)25-16(29)8-30-12-3-13(4-12)33-19(22,23)24/h1-2,5,10,12-13H,3-4,6-9H2,(H,25,29)/t12-,13+. The van der Waals surface area contributed by atoms with Crippen molar-refractivity contribution in [2.24, 2.45) is 0 Å². The number of nitrogens with zero attached hydrogens (tertiary/aromatic N) is 3. The molecule has 1 amide bonds. The second kappa shape index (κ2) is 9.69. The van der Waals surface area contributed by atoms with Crippen molar-refractivity contribution >= 4 is 23.5 Å². The van der Waals surface area contributed by atoms with Crippen molar-refractivity contribution in [1.29, 1.82) is 0 Å². The molecule has 0 unspecified atom stereocenters. The Bertz CT molecular complexity index is 979. The van der Waals surface area contributed by atoms with E-state index in [1.165, 1.54) is 12.1 Å². The summed E-state index contributed by atoms with van der Waals surface area (Å²) in [4.78, 5) is 13.7. The van der Waals surface area contributed by atoms with Gasteiger partial charge in [-0.25, -0.2) is 4.39 Å². The van der Waals surface area contributed by atoms with Gasteiger partial charge in [-0.05, 0) is 12.1 Å². The Kier molecular flexibility index (Phi) is 6.91. The predicted molar refractivity (Wildman–Crippen MR) is 104 cm³/mol. The zero-order chi connectivity index (χ0) is 23.6. The fourth-order valence-corrected chi connectivity index (χ4v) is 3.39. The second-order valence-corrected chi connectivity index (χ2v) is 8.01. The lowest BCUT2D eigenvalue weighted by Gasteiger charge is -2.38. The molecule has 0 spiro atoms. The van der Waals surface area contributed by atoms with Gasteiger partial charge >= 0.3 is 12.4 Å². The molecule has 2 aromatic rings. The number of halogens is 5. The minimum atomic E-state index is -4.66. The Morgan fingerprint density at radius 2 is 2.00 bits per heavy atom. The van der Waals surface area contributed by atoms with Gasteiger partial charge in [-0.3, -0.25) is 9.53 Å². The monoisotopic (exact) mass is 494 g/mol. The molecule has 2 fully saturated rings. The van der Waals surface area contributed by atoms with E-state index in [0.29, 0.717) is 13.1 Å². The minimum Gasteiger partial charge on any atom is -0.484 e. The summed E-state index contributed by atoms with van der Waals surface area (Å²) >= 11 is 5.62. The van der Waals surface area contributed by atoms with Crippen molar-refractivity contribution in [2.45, 2.75) is 44.1 Å². The quantitative estimate of drug-likeness (QED) is 0.531. The third-order valence-electron chi connectivity index (χ3n) is 5.03. The van der Waals surface area contributed by atoms with Gasteiger partial charge in [0.25, 0.3) is 5.89 Å². The average Bonchev–Trinajstić information content (AvgIpc) is 3.14. The SMILES string of the molecule is O=C(CO[C@H]1C[C@@H](OC(F)(F)F)C1)NC1CN(c2nnc(COc3ccc(Cl)c(F)c3)o2)C1. The van der Waals surface area contributed by atoms with Crippen LogP contribution in [0.5, 0.6) is 5.75 Å². The minimum absolute atomic E-state index is 0.0133. The summed E-state index contributed by atoms with van der Waals surface area (Å²) in [5.41, 5.74) is 0. The number of hydrogen-bond donors (Lipinski definition) is 1. The molecule has 4 rings (SSSR count). The lowest BCUT2D eigenvalue weighted by molar-refractivity contribution is -0.357. The first-order valence-corrected chi connectivity index (χ1v) is 10.3. The zero-order valence-electron chi connectivity index (χ0n) is 17.0. The highest BCUT2D eigenvalue weighted by atomic mass is 35.5. The molecule has 1 aliphatic heterocycles. The van der Waals surface area contributed by atoms with Crippen molar-refractivity contribution < 1.29 is 41.0 Å². The number of benzene rings is 1. The van der Waals surface area contributed by atoms with Gasteiger partial charge in [0.2, 0.25) is 5.91 Å². The van der Waals surface area contributed by atoms with E-state index >= 15 is 0 Å². The second-order valence-electron chi connectivity index (χ2n) is 7.60. The molecule has 2 aliphatic rings. The Morgan fingerprint density at radius 3 is 2.70 bits per heavy atom. The van der Waals surface area contributed by atoms with Crippen molar-refractivity contribution in [3.8, 4) is 5.75 Å². The van der Waals surface area contributed by atoms with Crippen LogP contribution in [0.3, 0.4) is 0 Å². The lowest BCUT2D eigenvalue weighted by atomic mass is 9.92. The summed E-state index contributed by atoms with van der Waals surface area (Å²) in [6.07, 6.45) is -5.81. The zero-order valence-corrected chi connectivity index (χ0v) is 17.7. The van der Waals surface area contributed by atoms with E-state index in [-0.39, 0.29) is 60.7 Å². The molecular weight excluding hydrogens is 476 g/mol. The Labute approximate surface area is 189 Å². The summed E-state index contributed by atoms with van der Waals surface area (Å²) in [5, 5.41) is 10.5. The van der Waals surface area contributed by atoms with Gasteiger partial charge in [-0.2, -0.15) is 0 Å². The van der Waals surface area contributed by atoms with Crippen LogP contribution in [0.1, 0.15) is 18.7 Å². The number of amides is 1. The maximum Gasteiger partial charge on any atom is 0.522 e. The van der Waals surface area contributed by atoms with Crippen LogP contribution < -0.4 is 15.0 Å². The van der Waals surface area contributed by atoms with E-state index in [4.69, 9.17) is 25.5 Å². The molecule has 1 aromatic carbocycles. The molecule has 1 saturated heterocycles. The molecule has 0 radical (unpaired) electrons. The maximum atomic E-state index is 13.4. The summed E-state index contributed by atoms with van der Waals surface area (Å²) < 4.78 is 69.7. The number of hydrogen-bond acceptors (Lipinski definition) is 8. The van der Waals surface area contributed by atoms with Gasteiger partial charge in [-0.1, -0.05) is 16.7 Å². The number of rotatable bonds is 9. The smallest absolute Gasteiger partial charge is 0.484 e. The fraction of sp³-hybridized carbons (Fsp3) is 0.526. The number of aromatic nitrogens is 2. The first-order valence-electron chi connectivity index (χ1n) is 9.95. The van der Waals surface area contributed by atoms with Crippen LogP contribution in [0.15, 0.2) is 22.6 Å². The number of ether oxygens (including phenoxy) is 3. The van der Waals surface area contributed by atoms with Gasteiger partial charge in [-0.15, -0.1) is 18.3 Å². The topological polar surface area (TPSA) is 99.0 Å². The Hall–Kier alpha value is -2.64. The summed E-state index contributed by atoms with van der Waals surface area (Å²) in [5.74, 6) is -0.521. The molecule has 1 aromatic heterocycles. The molecule has 14 heteroatoms. The number of carbonyl (C=O) groups is 1. The van der Waals surface area contributed by atoms with Gasteiger partial charge in [0.15, 0.2) is 6.61 Å². The highest BCUT2D eigenvalue weighted by Gasteiger charge is 2.41. The largest absolute Gasteiger partial charge is 0.522 e. The van der Waals surface area contributed by atoms with Crippen LogP contribution in [0, 0.1) is 5.82 Å². The van der Waals surface area contributed by atoms with Gasteiger partial charge < -0.3 is 24.1 Å². The highest BCUT2D eigenvalue weighted by molar-refractivity contribution is 6.30. The van der Waals surface area contributed by atoms with Crippen molar-refractivity contribution in [2.75, 3.05) is 24.6 Å². The Morgan fingerprint density at radius 1 is 1.24 bits per heavy atom. The van der Waals surface area contributed by atoms with Crippen LogP contribution in [0.4, 0.5) is 23.6 Å². The molecule has 1 aliphatic carbocycles. The molecule has 1 N–H and O–H groups in total. The van der Waals surface area contributed by atoms with Gasteiger partial charge in [0.1, 0.15) is 18.2 Å². The third kappa shape index (κ3) is 6.45. The van der Waals surface area contributed by atoms with Crippen LogP contribution in [0.2, 0.25) is 5.02 Å². The number of anilines is 1. The van der Waals surface area contributed by atoms with Crippen LogP contribution in [0.25, 0.3) is 0 Å². The number of nitrogens with one attached hydrogen (secondary N) is 1. The van der Waals surface area contributed by atoms with E-state index in [1.54, 1.807) is 4.90 Å². The summed E-state index contributed by atoms with van der Waals surface area (Å²) in [7, 11) is 0. The summed E-state index contributed by atoms with van der Waals surface area (Å²) in [6.45, 7) is 0.561. The van der Waals surface area contributed by atoms with Crippen LogP contribution >= 0.6 is 11.6 Å². The molecule has 1 saturated carbocycles. The van der Waals surface area contributed by atoms with E-state index in [2.05, 4.69) is 20.3 Å². The van der Waals surface area contributed by atoms with E-state index in [0.717, 1.165) is 6.07 Å². The first-order chi connectivity index (χ1) is 15.6. The molecule has 180 valence electrons. The number of carbonyl (C=O) groups excluding carboxylic acids is 1. The predicted octanol–water partition coefficient (Wildman–Crippen LogP) is 2.83. The van der Waals surface area contributed by atoms with Crippen molar-refractivity contribution in [3.05, 3.63) is 34.9 Å². The molecule has 2 heterocycles. The fourth-order valence-electron chi connectivity index (χ4n) is 3.27. The first kappa shape index (κ1) is 23.5. The van der Waals surface area contributed by atoms with E-state index in [1.807, 2.05) is 0 Å². The van der Waals surface area contributed by atoms with Gasteiger partial charge in [0, 0.05) is 32.0 Å². The third-order valence-corrected chi connectivity index (χ3v) is 5.34. The highest BCUT2D eigenvalue weighted by Crippen LogP contribution is 2.32. The van der Waals surface area contributed by atoms with Crippen LogP contribution in [-0.4, -0.2) is 60.4 Å². The van der Waals surface area contributed by atoms with Gasteiger partial charge in [0.05, 0.1) is 23.3 Å². The average molecular weight is 495 g/mol. The Balaban J connectivity index is 1.11. The normalized spacial score (nSPS) is 20.8. The molecule has 0 bridgehead atoms. The van der Waals surface area contributed by atoms with E-state index in [9.17, 15) is 22.4 Å². The molecule has 9 nitrogen and oxygen atoms in total. The maximum absolute atomic E-state index is 13.4. The molecular formula is C19H19ClF4N4O5. The lowest BCUT2D eigenvalue weighted by Crippen LogP contribution is -2.60. The van der Waals surface area contributed by atoms with E-state index < -0.39 is 24.4 Å². The van der Waals surface area contributed by atoms with Crippen LogP contribution in [-0.2, 0) is 20.9 Å². The molecule has 33 heavy (non-hydrogen) atoms. The van der Waals surface area contributed by atoms with Crippen molar-refractivity contribution in [3.63, 3.8) is 0 Å². The van der Waals surface area contributed by atoms with Crippen molar-refractivity contribution in [1.82, 2.24) is 15.5 Å². The summed E-state index contributed by atoms with van der Waals surface area (Å²) in [6, 6.07) is 4.12. The number of alkyl halides is 3. The molecule has 0 atom stereocenters.